The van der Waals surface area contributed by atoms with Gasteiger partial charge in [-0.1, -0.05) is 0 Å². The Morgan fingerprint density at radius 1 is 1.60 bits per heavy atom. The molecule has 11 heteroatoms. The number of aliphatic hydroxyl groups is 1. The van der Waals surface area contributed by atoms with Crippen LogP contribution in [0.3, 0.4) is 0 Å². The molecular weight excluding hydrogens is 293 g/mol. The number of rotatable bonds is 4. The monoisotopic (exact) mass is 307 g/mol. The van der Waals surface area contributed by atoms with Crippen molar-refractivity contribution in [3.63, 3.8) is 0 Å². The van der Waals surface area contributed by atoms with Gasteiger partial charge in [-0.05, 0) is 6.07 Å². The van der Waals surface area contributed by atoms with E-state index in [4.69, 9.17) is 20.3 Å². The molecule has 1 fully saturated rings. The summed E-state index contributed by atoms with van der Waals surface area (Å²) >= 11 is 0. The van der Waals surface area contributed by atoms with Crippen molar-refractivity contribution < 1.29 is 28.7 Å². The molecule has 0 aliphatic carbocycles. The second kappa shape index (κ2) is 5.60. The second-order valence-corrected chi connectivity index (χ2v) is 5.52. The maximum absolute atomic E-state index is 11.6. The summed E-state index contributed by atoms with van der Waals surface area (Å²) in [5.41, 5.74) is 4.66. The summed E-state index contributed by atoms with van der Waals surface area (Å²) in [5.74, 6) is 0.0418. The van der Waals surface area contributed by atoms with Crippen LogP contribution >= 0.6 is 7.82 Å². The van der Waals surface area contributed by atoms with Crippen LogP contribution in [0.15, 0.2) is 17.1 Å². The molecule has 1 aliphatic rings. The van der Waals surface area contributed by atoms with Gasteiger partial charge in [-0.25, -0.2) is 9.36 Å². The largest absolute Gasteiger partial charge is 0.469 e. The van der Waals surface area contributed by atoms with Gasteiger partial charge in [-0.3, -0.25) is 9.09 Å². The minimum absolute atomic E-state index is 0.0418. The first-order chi connectivity index (χ1) is 9.26. The van der Waals surface area contributed by atoms with Crippen LogP contribution < -0.4 is 11.4 Å². The number of hydrogen-bond donors (Lipinski definition) is 4. The van der Waals surface area contributed by atoms with Crippen molar-refractivity contribution in [3.05, 3.63) is 22.7 Å². The number of aliphatic hydroxyl groups excluding tert-OH is 1. The van der Waals surface area contributed by atoms with Crippen LogP contribution in [0.4, 0.5) is 5.82 Å². The molecule has 2 heterocycles. The Balaban J connectivity index is 2.07. The summed E-state index contributed by atoms with van der Waals surface area (Å²) in [7, 11) is -4.60. The lowest BCUT2D eigenvalue weighted by atomic mass is 10.2. The Morgan fingerprint density at radius 2 is 2.30 bits per heavy atom. The minimum Gasteiger partial charge on any atom is -0.388 e. The van der Waals surface area contributed by atoms with Gasteiger partial charge in [0.2, 0.25) is 0 Å². The molecular formula is C9H14N3O7P. The number of anilines is 1. The Morgan fingerprint density at radius 3 is 2.90 bits per heavy atom. The van der Waals surface area contributed by atoms with Gasteiger partial charge in [0.1, 0.15) is 11.9 Å². The van der Waals surface area contributed by atoms with Crippen LogP contribution in [0.2, 0.25) is 0 Å². The molecule has 1 aromatic rings. The van der Waals surface area contributed by atoms with Crippen molar-refractivity contribution in [3.8, 4) is 0 Å². The Kier molecular flexibility index (Phi) is 4.23. The molecule has 0 aromatic carbocycles. The average Bonchev–Trinajstić information content (AvgIpc) is 2.67. The van der Waals surface area contributed by atoms with Gasteiger partial charge in [-0.15, -0.1) is 0 Å². The Hall–Kier alpha value is -1.29. The molecule has 0 bridgehead atoms. The number of nitrogens with zero attached hydrogens (tertiary/aromatic N) is 2. The molecule has 1 saturated heterocycles. The first-order valence-electron chi connectivity index (χ1n) is 5.64. The third kappa shape index (κ3) is 3.63. The van der Waals surface area contributed by atoms with Crippen LogP contribution in [0.1, 0.15) is 12.6 Å². The zero-order chi connectivity index (χ0) is 14.9. The lowest BCUT2D eigenvalue weighted by molar-refractivity contribution is -0.0524. The summed E-state index contributed by atoms with van der Waals surface area (Å²) < 4.78 is 21.3. The molecule has 0 amide bonds. The number of hydrogen-bond acceptors (Lipinski definition) is 7. The van der Waals surface area contributed by atoms with Gasteiger partial charge in [-0.2, -0.15) is 4.98 Å². The van der Waals surface area contributed by atoms with E-state index in [1.54, 1.807) is 0 Å². The van der Waals surface area contributed by atoms with E-state index < -0.39 is 38.6 Å². The fourth-order valence-corrected chi connectivity index (χ4v) is 2.25. The van der Waals surface area contributed by atoms with Crippen LogP contribution in [0, 0.1) is 0 Å². The SMILES string of the molecule is Nc1ccn([C@@H]2O[C@H](COP(=O)(O)O)C[C@H]2O)c(=O)n1. The van der Waals surface area contributed by atoms with Crippen molar-refractivity contribution in [2.45, 2.75) is 24.9 Å². The van der Waals surface area contributed by atoms with Crippen molar-refractivity contribution in [1.82, 2.24) is 9.55 Å². The number of phosphoric acid groups is 1. The zero-order valence-electron chi connectivity index (χ0n) is 10.2. The Labute approximate surface area is 113 Å². The average molecular weight is 307 g/mol. The minimum atomic E-state index is -4.60. The quantitative estimate of drug-likeness (QED) is 0.490. The van der Waals surface area contributed by atoms with E-state index in [2.05, 4.69) is 9.51 Å². The maximum Gasteiger partial charge on any atom is 0.469 e. The van der Waals surface area contributed by atoms with Crippen molar-refractivity contribution in [2.24, 2.45) is 0 Å². The molecule has 10 nitrogen and oxygen atoms in total. The van der Waals surface area contributed by atoms with Crippen LogP contribution in [-0.4, -0.2) is 43.3 Å². The van der Waals surface area contributed by atoms with E-state index in [0.29, 0.717) is 0 Å². The normalized spacial score (nSPS) is 26.9. The third-order valence-electron chi connectivity index (χ3n) is 2.72. The van der Waals surface area contributed by atoms with E-state index in [-0.39, 0.29) is 12.2 Å². The van der Waals surface area contributed by atoms with Crippen molar-refractivity contribution in [2.75, 3.05) is 12.3 Å². The van der Waals surface area contributed by atoms with E-state index in [0.717, 1.165) is 4.57 Å². The predicted octanol–water partition coefficient (Wildman–Crippen LogP) is -1.42. The number of aromatic nitrogens is 2. The number of ether oxygens (including phenoxy) is 1. The Bertz CT molecular complexity index is 585. The summed E-state index contributed by atoms with van der Waals surface area (Å²) in [4.78, 5) is 32.3. The first-order valence-corrected chi connectivity index (χ1v) is 7.17. The van der Waals surface area contributed by atoms with Gasteiger partial charge in [0.25, 0.3) is 0 Å². The lowest BCUT2D eigenvalue weighted by Gasteiger charge is -2.17. The maximum atomic E-state index is 11.6. The standard InChI is InChI=1S/C9H14N3O7P/c10-7-1-2-12(9(14)11-7)8-6(13)3-5(19-8)4-18-20(15,16)17/h1-2,5-6,8,13H,3-4H2,(H2,10,11,14)(H2,15,16,17)/t5-,6+,8+/m0/s1. The van der Waals surface area contributed by atoms with Crippen LogP contribution in [-0.2, 0) is 13.8 Å². The molecule has 5 N–H and O–H groups in total. The highest BCUT2D eigenvalue weighted by Gasteiger charge is 2.37. The second-order valence-electron chi connectivity index (χ2n) is 4.28. The van der Waals surface area contributed by atoms with E-state index in [9.17, 15) is 14.5 Å². The van der Waals surface area contributed by atoms with E-state index >= 15 is 0 Å². The fraction of sp³-hybridized carbons (Fsp3) is 0.556. The molecule has 0 spiro atoms. The lowest BCUT2D eigenvalue weighted by Crippen LogP contribution is -2.31. The van der Waals surface area contributed by atoms with E-state index in [1.807, 2.05) is 0 Å². The van der Waals surface area contributed by atoms with Crippen molar-refractivity contribution in [1.29, 1.82) is 0 Å². The molecule has 0 saturated carbocycles. The molecule has 112 valence electrons. The molecule has 0 unspecified atom stereocenters. The molecule has 1 aromatic heterocycles. The van der Waals surface area contributed by atoms with E-state index in [1.165, 1.54) is 12.3 Å². The van der Waals surface area contributed by atoms with Gasteiger partial charge in [0, 0.05) is 12.6 Å². The molecule has 20 heavy (non-hydrogen) atoms. The smallest absolute Gasteiger partial charge is 0.388 e. The van der Waals surface area contributed by atoms with Gasteiger partial charge < -0.3 is 25.4 Å². The summed E-state index contributed by atoms with van der Waals surface area (Å²) in [5, 5.41) is 9.84. The molecule has 0 radical (unpaired) electrons. The fourth-order valence-electron chi connectivity index (χ4n) is 1.89. The highest BCUT2D eigenvalue weighted by atomic mass is 31.2. The summed E-state index contributed by atoms with van der Waals surface area (Å²) in [6, 6.07) is 1.37. The predicted molar refractivity (Wildman–Crippen MR) is 65.4 cm³/mol. The van der Waals surface area contributed by atoms with Crippen LogP contribution in [0.25, 0.3) is 0 Å². The van der Waals surface area contributed by atoms with Crippen LogP contribution in [0.5, 0.6) is 0 Å². The molecule has 1 aliphatic heterocycles. The number of nitrogens with two attached hydrogens (primary N) is 1. The highest BCUT2D eigenvalue weighted by Crippen LogP contribution is 2.38. The van der Waals surface area contributed by atoms with Crippen molar-refractivity contribution >= 4 is 13.6 Å². The number of nitrogen functional groups attached to an aromatic ring is 1. The van der Waals surface area contributed by atoms with Gasteiger partial charge in [0.05, 0.1) is 12.7 Å². The summed E-state index contributed by atoms with van der Waals surface area (Å²) in [6.07, 6.45) is -1.37. The molecule has 3 atom stereocenters. The summed E-state index contributed by atoms with van der Waals surface area (Å²) in [6.45, 7) is -0.394. The topological polar surface area (TPSA) is 157 Å². The zero-order valence-corrected chi connectivity index (χ0v) is 11.1. The number of phosphoric ester groups is 1. The van der Waals surface area contributed by atoms with Gasteiger partial charge in [0.15, 0.2) is 6.23 Å². The third-order valence-corrected chi connectivity index (χ3v) is 3.21. The highest BCUT2D eigenvalue weighted by molar-refractivity contribution is 7.46. The molecule has 2 rings (SSSR count). The van der Waals surface area contributed by atoms with Gasteiger partial charge >= 0.3 is 13.5 Å². The first kappa shape index (κ1) is 15.1.